The van der Waals surface area contributed by atoms with Crippen molar-refractivity contribution in [2.45, 2.75) is 39.5 Å². The summed E-state index contributed by atoms with van der Waals surface area (Å²) in [5, 5.41) is 13.1. The molecular formula is C23H25N5O2. The van der Waals surface area contributed by atoms with E-state index in [9.17, 15) is 9.59 Å². The van der Waals surface area contributed by atoms with Crippen molar-refractivity contribution in [1.82, 2.24) is 15.2 Å². The normalized spacial score (nSPS) is 13.7. The van der Waals surface area contributed by atoms with Gasteiger partial charge in [0.25, 0.3) is 5.91 Å². The highest BCUT2D eigenvalue weighted by Gasteiger charge is 2.27. The number of hydrogen-bond donors (Lipinski definition) is 3. The summed E-state index contributed by atoms with van der Waals surface area (Å²) in [6, 6.07) is 14.3. The second kappa shape index (κ2) is 7.74. The van der Waals surface area contributed by atoms with Gasteiger partial charge in [0.1, 0.15) is 5.82 Å². The Hall–Kier alpha value is -3.48. The number of anilines is 2. The van der Waals surface area contributed by atoms with E-state index in [-0.39, 0.29) is 11.8 Å². The number of aromatic nitrogens is 3. The molecule has 1 heterocycles. The molecule has 30 heavy (non-hydrogen) atoms. The van der Waals surface area contributed by atoms with Gasteiger partial charge in [-0.3, -0.25) is 14.7 Å². The first-order chi connectivity index (χ1) is 14.3. The van der Waals surface area contributed by atoms with E-state index < -0.39 is 5.41 Å². The van der Waals surface area contributed by atoms with E-state index >= 15 is 0 Å². The summed E-state index contributed by atoms with van der Waals surface area (Å²) in [5.74, 6) is 1.69. The molecule has 1 fully saturated rings. The highest BCUT2D eigenvalue weighted by Crippen LogP contribution is 2.38. The Balaban J connectivity index is 1.47. The minimum atomic E-state index is -0.516. The second-order valence-corrected chi connectivity index (χ2v) is 8.64. The molecule has 7 nitrogen and oxygen atoms in total. The number of amides is 2. The van der Waals surface area contributed by atoms with Crippen LogP contribution < -0.4 is 10.6 Å². The zero-order chi connectivity index (χ0) is 21.3. The smallest absolute Gasteiger partial charge is 0.255 e. The molecule has 3 N–H and O–H groups in total. The van der Waals surface area contributed by atoms with Crippen molar-refractivity contribution in [3.05, 3.63) is 59.9 Å². The number of nitrogens with one attached hydrogen (secondary N) is 3. The second-order valence-electron chi connectivity index (χ2n) is 8.64. The van der Waals surface area contributed by atoms with E-state index in [4.69, 9.17) is 0 Å². The average Bonchev–Trinajstić information content (AvgIpc) is 3.44. The molecular weight excluding hydrogens is 378 g/mol. The molecule has 0 saturated heterocycles. The Kier molecular flexibility index (Phi) is 5.11. The van der Waals surface area contributed by atoms with Gasteiger partial charge in [0.05, 0.1) is 0 Å². The minimum Gasteiger partial charge on any atom is -0.326 e. The summed E-state index contributed by atoms with van der Waals surface area (Å²) in [4.78, 5) is 29.5. The maximum Gasteiger partial charge on any atom is 0.255 e. The molecule has 1 aliphatic carbocycles. The van der Waals surface area contributed by atoms with Crippen LogP contribution in [0.3, 0.4) is 0 Å². The minimum absolute atomic E-state index is 0.107. The third-order valence-electron chi connectivity index (χ3n) is 4.91. The lowest BCUT2D eigenvalue weighted by atomic mass is 9.95. The topological polar surface area (TPSA) is 99.8 Å². The van der Waals surface area contributed by atoms with Gasteiger partial charge in [-0.05, 0) is 43.2 Å². The van der Waals surface area contributed by atoms with Gasteiger partial charge in [0.15, 0.2) is 5.82 Å². The van der Waals surface area contributed by atoms with Crippen LogP contribution in [-0.2, 0) is 4.79 Å². The Morgan fingerprint density at radius 3 is 2.40 bits per heavy atom. The average molecular weight is 403 g/mol. The SMILES string of the molecule is CC(C)(C)C(=O)Nc1cccc(C(=O)Nc2cccc(-c3n[nH]c(C4CC4)n3)c2)c1. The van der Waals surface area contributed by atoms with Crippen molar-refractivity contribution in [1.29, 1.82) is 0 Å². The molecule has 4 rings (SSSR count). The first-order valence-electron chi connectivity index (χ1n) is 10.1. The Morgan fingerprint density at radius 2 is 1.70 bits per heavy atom. The molecule has 0 spiro atoms. The highest BCUT2D eigenvalue weighted by atomic mass is 16.2. The first kappa shape index (κ1) is 19.8. The molecule has 0 atom stereocenters. The lowest BCUT2D eigenvalue weighted by molar-refractivity contribution is -0.123. The summed E-state index contributed by atoms with van der Waals surface area (Å²) < 4.78 is 0. The Bertz CT molecular complexity index is 1090. The summed E-state index contributed by atoms with van der Waals surface area (Å²) in [6.45, 7) is 5.52. The van der Waals surface area contributed by atoms with Crippen LogP contribution in [0.15, 0.2) is 48.5 Å². The molecule has 0 unspecified atom stereocenters. The predicted molar refractivity (Wildman–Crippen MR) is 116 cm³/mol. The maximum atomic E-state index is 12.7. The summed E-state index contributed by atoms with van der Waals surface area (Å²) in [6.07, 6.45) is 2.31. The van der Waals surface area contributed by atoms with Gasteiger partial charge in [-0.25, -0.2) is 4.98 Å². The van der Waals surface area contributed by atoms with Gasteiger partial charge < -0.3 is 10.6 Å². The van der Waals surface area contributed by atoms with Gasteiger partial charge in [-0.2, -0.15) is 5.10 Å². The molecule has 1 saturated carbocycles. The molecule has 2 amide bonds. The molecule has 154 valence electrons. The fraction of sp³-hybridized carbons (Fsp3) is 0.304. The summed E-state index contributed by atoms with van der Waals surface area (Å²) >= 11 is 0. The van der Waals surface area contributed by atoms with Crippen LogP contribution in [0.1, 0.15) is 55.7 Å². The van der Waals surface area contributed by atoms with Gasteiger partial charge in [0, 0.05) is 33.8 Å². The highest BCUT2D eigenvalue weighted by molar-refractivity contribution is 6.05. The molecule has 1 aliphatic rings. The van der Waals surface area contributed by atoms with Crippen LogP contribution in [0.25, 0.3) is 11.4 Å². The molecule has 3 aromatic rings. The fourth-order valence-corrected chi connectivity index (χ4v) is 2.94. The lowest BCUT2D eigenvalue weighted by Crippen LogP contribution is -2.27. The van der Waals surface area contributed by atoms with Crippen molar-refractivity contribution in [2.24, 2.45) is 5.41 Å². The number of rotatable bonds is 5. The number of H-pyrrole nitrogens is 1. The maximum absolute atomic E-state index is 12.7. The Morgan fingerprint density at radius 1 is 1.00 bits per heavy atom. The van der Waals surface area contributed by atoms with E-state index in [1.165, 1.54) is 0 Å². The van der Waals surface area contributed by atoms with Crippen molar-refractivity contribution < 1.29 is 9.59 Å². The third kappa shape index (κ3) is 4.56. The van der Waals surface area contributed by atoms with E-state index in [1.54, 1.807) is 24.3 Å². The molecule has 1 aromatic heterocycles. The van der Waals surface area contributed by atoms with E-state index in [0.29, 0.717) is 28.7 Å². The third-order valence-corrected chi connectivity index (χ3v) is 4.91. The van der Waals surface area contributed by atoms with E-state index in [0.717, 1.165) is 24.2 Å². The monoisotopic (exact) mass is 403 g/mol. The van der Waals surface area contributed by atoms with Crippen molar-refractivity contribution in [3.8, 4) is 11.4 Å². The summed E-state index contributed by atoms with van der Waals surface area (Å²) in [7, 11) is 0. The lowest BCUT2D eigenvalue weighted by Gasteiger charge is -2.18. The largest absolute Gasteiger partial charge is 0.326 e. The van der Waals surface area contributed by atoms with Crippen LogP contribution in [0.4, 0.5) is 11.4 Å². The van der Waals surface area contributed by atoms with E-state index in [2.05, 4.69) is 25.8 Å². The fourth-order valence-electron chi connectivity index (χ4n) is 2.94. The van der Waals surface area contributed by atoms with Gasteiger partial charge in [-0.15, -0.1) is 0 Å². The zero-order valence-electron chi connectivity index (χ0n) is 17.3. The quantitative estimate of drug-likeness (QED) is 0.580. The van der Waals surface area contributed by atoms with Crippen LogP contribution in [0.5, 0.6) is 0 Å². The van der Waals surface area contributed by atoms with Crippen LogP contribution in [-0.4, -0.2) is 27.0 Å². The standard InChI is InChI=1S/C23H25N5O2/c1-23(2,3)22(30)25-18-9-5-7-16(13-18)21(29)24-17-8-4-6-15(12-17)20-26-19(27-28-20)14-10-11-14/h4-9,12-14H,10-11H2,1-3H3,(H,24,29)(H,25,30)(H,26,27,28). The number of carbonyl (C=O) groups excluding carboxylic acids is 2. The van der Waals surface area contributed by atoms with Crippen molar-refractivity contribution in [2.75, 3.05) is 10.6 Å². The van der Waals surface area contributed by atoms with Crippen molar-refractivity contribution in [3.63, 3.8) is 0 Å². The Labute approximate surface area is 175 Å². The number of hydrogen-bond acceptors (Lipinski definition) is 4. The first-order valence-corrected chi connectivity index (χ1v) is 10.1. The van der Waals surface area contributed by atoms with Gasteiger partial charge >= 0.3 is 0 Å². The van der Waals surface area contributed by atoms with Crippen LogP contribution in [0.2, 0.25) is 0 Å². The van der Waals surface area contributed by atoms with Crippen molar-refractivity contribution >= 4 is 23.2 Å². The van der Waals surface area contributed by atoms with Gasteiger partial charge in [0.2, 0.25) is 5.91 Å². The van der Waals surface area contributed by atoms with Crippen LogP contribution >= 0.6 is 0 Å². The number of nitrogens with zero attached hydrogens (tertiary/aromatic N) is 2. The molecule has 0 radical (unpaired) electrons. The van der Waals surface area contributed by atoms with E-state index in [1.807, 2.05) is 45.0 Å². The molecule has 7 heteroatoms. The van der Waals surface area contributed by atoms with Crippen LogP contribution in [0, 0.1) is 5.41 Å². The molecule has 0 bridgehead atoms. The summed E-state index contributed by atoms with van der Waals surface area (Å²) in [5.41, 5.74) is 2.02. The van der Waals surface area contributed by atoms with Gasteiger partial charge in [-0.1, -0.05) is 39.0 Å². The number of carbonyl (C=O) groups is 2. The number of benzene rings is 2. The molecule has 0 aliphatic heterocycles. The predicted octanol–water partition coefficient (Wildman–Crippen LogP) is 4.59. The zero-order valence-corrected chi connectivity index (χ0v) is 17.3. The number of aromatic amines is 1. The molecule has 2 aromatic carbocycles.